The third kappa shape index (κ3) is 10.3. The third-order valence-corrected chi connectivity index (χ3v) is 5.23. The average Bonchev–Trinajstić information content (AvgIpc) is 2.89. The molecule has 0 aromatic carbocycles. The summed E-state index contributed by atoms with van der Waals surface area (Å²) in [4.78, 5) is 11.8. The molecule has 0 bridgehead atoms. The van der Waals surface area contributed by atoms with Crippen LogP contribution in [-0.2, 0) is 23.8 Å². The van der Waals surface area contributed by atoms with Gasteiger partial charge in [0, 0.05) is 0 Å². The van der Waals surface area contributed by atoms with E-state index in [2.05, 4.69) is 6.92 Å². The predicted molar refractivity (Wildman–Crippen MR) is 104 cm³/mol. The van der Waals surface area contributed by atoms with Crippen LogP contribution in [0.1, 0.15) is 90.9 Å². The molecule has 0 aliphatic carbocycles. The van der Waals surface area contributed by atoms with Crippen molar-refractivity contribution in [2.75, 3.05) is 6.26 Å². The Morgan fingerprint density at radius 2 is 1.50 bits per heavy atom. The molecule has 1 rings (SSSR count). The minimum atomic E-state index is -3.61. The molecule has 0 amide bonds. The van der Waals surface area contributed by atoms with E-state index in [1.165, 1.54) is 51.4 Å². The van der Waals surface area contributed by atoms with Crippen molar-refractivity contribution >= 4 is 16.1 Å². The molecule has 0 aromatic rings. The maximum absolute atomic E-state index is 11.8. The largest absolute Gasteiger partial charge is 0.455 e. The van der Waals surface area contributed by atoms with Gasteiger partial charge in [-0.2, -0.15) is 8.42 Å². The van der Waals surface area contributed by atoms with E-state index in [1.54, 1.807) is 13.0 Å². The predicted octanol–water partition coefficient (Wildman–Crippen LogP) is 4.90. The van der Waals surface area contributed by atoms with Crippen molar-refractivity contribution < 1.29 is 22.1 Å². The molecule has 1 aliphatic heterocycles. The Balaban J connectivity index is 2.22. The Hall–Kier alpha value is -0.880. The standard InChI is InChI=1S/C20H36O5S/c1-4-5-6-7-8-9-10-11-12-13-14-15-19(25-26(3,22)23)18-16-17(2)24-20(18)21/h16-17,19H,4-15H2,1-3H3. The molecule has 0 spiro atoms. The van der Waals surface area contributed by atoms with E-state index in [0.29, 0.717) is 12.0 Å². The zero-order valence-electron chi connectivity index (χ0n) is 16.7. The molecule has 2 unspecified atom stereocenters. The summed E-state index contributed by atoms with van der Waals surface area (Å²) in [6.07, 6.45) is 15.6. The van der Waals surface area contributed by atoms with E-state index in [-0.39, 0.29) is 6.10 Å². The first-order valence-electron chi connectivity index (χ1n) is 10.1. The van der Waals surface area contributed by atoms with Crippen molar-refractivity contribution in [3.63, 3.8) is 0 Å². The highest BCUT2D eigenvalue weighted by atomic mass is 32.2. The number of unbranched alkanes of at least 4 members (excludes halogenated alkanes) is 10. The first-order valence-corrected chi connectivity index (χ1v) is 12.0. The Labute approximate surface area is 159 Å². The van der Waals surface area contributed by atoms with E-state index in [9.17, 15) is 13.2 Å². The van der Waals surface area contributed by atoms with Gasteiger partial charge in [0.05, 0.1) is 11.8 Å². The smallest absolute Gasteiger partial charge is 0.337 e. The van der Waals surface area contributed by atoms with E-state index in [1.807, 2.05) is 0 Å². The molecule has 0 saturated heterocycles. The van der Waals surface area contributed by atoms with Crippen molar-refractivity contribution in [2.45, 2.75) is 103 Å². The van der Waals surface area contributed by atoms with E-state index >= 15 is 0 Å². The summed E-state index contributed by atoms with van der Waals surface area (Å²) in [5.41, 5.74) is 0.343. The van der Waals surface area contributed by atoms with Crippen molar-refractivity contribution in [2.24, 2.45) is 0 Å². The van der Waals surface area contributed by atoms with Gasteiger partial charge in [0.2, 0.25) is 0 Å². The van der Waals surface area contributed by atoms with Gasteiger partial charge in [0.1, 0.15) is 12.2 Å². The zero-order valence-corrected chi connectivity index (χ0v) is 17.5. The molecule has 1 heterocycles. The molecule has 0 aromatic heterocycles. The van der Waals surface area contributed by atoms with Crippen LogP contribution in [0.25, 0.3) is 0 Å². The van der Waals surface area contributed by atoms with Crippen molar-refractivity contribution in [1.82, 2.24) is 0 Å². The van der Waals surface area contributed by atoms with Gasteiger partial charge in [-0.3, -0.25) is 4.18 Å². The highest BCUT2D eigenvalue weighted by Crippen LogP contribution is 2.24. The summed E-state index contributed by atoms with van der Waals surface area (Å²) >= 11 is 0. The van der Waals surface area contributed by atoms with Gasteiger partial charge >= 0.3 is 5.97 Å². The maximum Gasteiger partial charge on any atom is 0.337 e. The van der Waals surface area contributed by atoms with E-state index < -0.39 is 22.2 Å². The Morgan fingerprint density at radius 1 is 1.00 bits per heavy atom. The molecule has 152 valence electrons. The minimum Gasteiger partial charge on any atom is -0.455 e. The first kappa shape index (κ1) is 23.2. The van der Waals surface area contributed by atoms with Crippen molar-refractivity contribution in [3.05, 3.63) is 11.6 Å². The second-order valence-corrected chi connectivity index (χ2v) is 8.95. The van der Waals surface area contributed by atoms with Gasteiger partial charge in [0.15, 0.2) is 0 Å². The fourth-order valence-corrected chi connectivity index (χ4v) is 3.91. The van der Waals surface area contributed by atoms with E-state index in [4.69, 9.17) is 8.92 Å². The Morgan fingerprint density at radius 3 is 1.92 bits per heavy atom. The SMILES string of the molecule is CCCCCCCCCCCCCC(OS(C)(=O)=O)C1=CC(C)OC1=O. The molecule has 0 N–H and O–H groups in total. The summed E-state index contributed by atoms with van der Waals surface area (Å²) in [7, 11) is -3.61. The summed E-state index contributed by atoms with van der Waals surface area (Å²) in [6, 6.07) is 0. The van der Waals surface area contributed by atoms with Crippen LogP contribution in [0.15, 0.2) is 11.6 Å². The third-order valence-electron chi connectivity index (χ3n) is 4.65. The van der Waals surface area contributed by atoms with Crippen LogP contribution in [0.3, 0.4) is 0 Å². The lowest BCUT2D eigenvalue weighted by molar-refractivity contribution is -0.139. The molecule has 2 atom stereocenters. The fourth-order valence-electron chi connectivity index (χ4n) is 3.29. The summed E-state index contributed by atoms with van der Waals surface area (Å²) in [5, 5.41) is 0. The number of carbonyl (C=O) groups excluding carboxylic acids is 1. The first-order chi connectivity index (χ1) is 12.3. The number of esters is 1. The van der Waals surface area contributed by atoms with Crippen molar-refractivity contribution in [1.29, 1.82) is 0 Å². The van der Waals surface area contributed by atoms with Crippen LogP contribution in [0.2, 0.25) is 0 Å². The molecule has 26 heavy (non-hydrogen) atoms. The summed E-state index contributed by atoms with van der Waals surface area (Å²) in [5.74, 6) is -0.464. The van der Waals surface area contributed by atoms with Crippen LogP contribution in [0.4, 0.5) is 0 Å². The maximum atomic E-state index is 11.8. The lowest BCUT2D eigenvalue weighted by Gasteiger charge is -2.15. The number of rotatable bonds is 15. The van der Waals surface area contributed by atoms with Gasteiger partial charge in [-0.15, -0.1) is 0 Å². The van der Waals surface area contributed by atoms with Gasteiger partial charge in [-0.05, 0) is 19.4 Å². The Kier molecular flexibility index (Phi) is 11.1. The summed E-state index contributed by atoms with van der Waals surface area (Å²) in [6.45, 7) is 3.99. The lowest BCUT2D eigenvalue weighted by Crippen LogP contribution is -2.23. The van der Waals surface area contributed by atoms with Gasteiger partial charge in [0.25, 0.3) is 10.1 Å². The second kappa shape index (κ2) is 12.5. The van der Waals surface area contributed by atoms with Crippen LogP contribution >= 0.6 is 0 Å². The quantitative estimate of drug-likeness (QED) is 0.227. The number of carbonyl (C=O) groups is 1. The highest BCUT2D eigenvalue weighted by Gasteiger charge is 2.31. The molecule has 6 heteroatoms. The van der Waals surface area contributed by atoms with Gasteiger partial charge < -0.3 is 4.74 Å². The second-order valence-electron chi connectivity index (χ2n) is 7.35. The van der Waals surface area contributed by atoms with Gasteiger partial charge in [-0.25, -0.2) is 4.79 Å². The van der Waals surface area contributed by atoms with Crippen LogP contribution < -0.4 is 0 Å². The van der Waals surface area contributed by atoms with Crippen LogP contribution in [-0.4, -0.2) is 32.9 Å². The normalized spacial score (nSPS) is 18.7. The van der Waals surface area contributed by atoms with Gasteiger partial charge in [-0.1, -0.05) is 77.6 Å². The number of cyclic esters (lactones) is 1. The highest BCUT2D eigenvalue weighted by molar-refractivity contribution is 7.86. The van der Waals surface area contributed by atoms with E-state index in [0.717, 1.165) is 25.5 Å². The van der Waals surface area contributed by atoms with Crippen molar-refractivity contribution in [3.8, 4) is 0 Å². The topological polar surface area (TPSA) is 69.7 Å². The van der Waals surface area contributed by atoms with Crippen LogP contribution in [0.5, 0.6) is 0 Å². The molecule has 1 aliphatic rings. The van der Waals surface area contributed by atoms with Crippen LogP contribution in [0, 0.1) is 0 Å². The average molecular weight is 389 g/mol. The Bertz CT molecular complexity index is 538. The molecular formula is C20H36O5S. The molecule has 5 nitrogen and oxygen atoms in total. The number of hydrogen-bond acceptors (Lipinski definition) is 5. The number of hydrogen-bond donors (Lipinski definition) is 0. The zero-order chi connectivity index (χ0) is 19.4. The lowest BCUT2D eigenvalue weighted by atomic mass is 10.0. The summed E-state index contributed by atoms with van der Waals surface area (Å²) < 4.78 is 33.2. The monoisotopic (exact) mass is 388 g/mol. The minimum absolute atomic E-state index is 0.319. The molecule has 0 fully saturated rings. The fraction of sp³-hybridized carbons (Fsp3) is 0.850. The number of ether oxygens (including phenoxy) is 1. The molecular weight excluding hydrogens is 352 g/mol. The molecule has 0 radical (unpaired) electrons. The molecule has 0 saturated carbocycles.